The molecular formula is C25H24N2O5. The summed E-state index contributed by atoms with van der Waals surface area (Å²) in [7, 11) is 3.00. The Kier molecular flexibility index (Phi) is 6.26. The third-order valence-electron chi connectivity index (χ3n) is 5.26. The number of carbonyl (C=O) groups excluding carboxylic acids is 2. The molecule has 0 bridgehead atoms. The second kappa shape index (κ2) is 9.43. The summed E-state index contributed by atoms with van der Waals surface area (Å²) < 4.78 is 16.8. The lowest BCUT2D eigenvalue weighted by Crippen LogP contribution is -2.50. The van der Waals surface area contributed by atoms with Crippen LogP contribution in [-0.4, -0.2) is 38.7 Å². The van der Waals surface area contributed by atoms with Crippen LogP contribution in [0.4, 0.5) is 5.69 Å². The Labute approximate surface area is 186 Å². The van der Waals surface area contributed by atoms with Gasteiger partial charge in [0, 0.05) is 6.54 Å². The van der Waals surface area contributed by atoms with Crippen LogP contribution in [-0.2, 0) is 11.3 Å². The molecule has 4 rings (SSSR count). The van der Waals surface area contributed by atoms with E-state index in [4.69, 9.17) is 14.2 Å². The van der Waals surface area contributed by atoms with Crippen LogP contribution >= 0.6 is 0 Å². The van der Waals surface area contributed by atoms with E-state index in [0.717, 1.165) is 5.56 Å². The fraction of sp³-hybridized carbons (Fsp3) is 0.200. The molecule has 3 aromatic carbocycles. The number of nitrogens with one attached hydrogen (secondary N) is 1. The molecule has 0 saturated heterocycles. The van der Waals surface area contributed by atoms with E-state index in [1.54, 1.807) is 36.4 Å². The van der Waals surface area contributed by atoms with Crippen molar-refractivity contribution in [1.82, 2.24) is 5.32 Å². The van der Waals surface area contributed by atoms with Crippen LogP contribution in [0.15, 0.2) is 72.8 Å². The number of hydrogen-bond acceptors (Lipinski definition) is 5. The maximum Gasteiger partial charge on any atom is 0.266 e. The molecular weight excluding hydrogens is 408 g/mol. The van der Waals surface area contributed by atoms with Gasteiger partial charge in [-0.15, -0.1) is 0 Å². The predicted octanol–water partition coefficient (Wildman–Crippen LogP) is 3.43. The van der Waals surface area contributed by atoms with E-state index >= 15 is 0 Å². The molecule has 1 unspecified atom stereocenters. The molecule has 1 aliphatic rings. The summed E-state index contributed by atoms with van der Waals surface area (Å²) in [6.45, 7) is 0.424. The molecule has 2 amide bonds. The van der Waals surface area contributed by atoms with Gasteiger partial charge in [0.2, 0.25) is 0 Å². The highest BCUT2D eigenvalue weighted by molar-refractivity contribution is 6.11. The summed E-state index contributed by atoms with van der Waals surface area (Å²) in [5.74, 6) is 0.608. The summed E-state index contributed by atoms with van der Waals surface area (Å²) in [5, 5.41) is 2.89. The molecule has 164 valence electrons. The van der Waals surface area contributed by atoms with Gasteiger partial charge in [-0.25, -0.2) is 0 Å². The quantitative estimate of drug-likeness (QED) is 0.646. The number of ether oxygens (including phenoxy) is 3. The van der Waals surface area contributed by atoms with Crippen molar-refractivity contribution in [2.24, 2.45) is 0 Å². The van der Waals surface area contributed by atoms with Gasteiger partial charge >= 0.3 is 0 Å². The number of nitrogens with zero attached hydrogens (tertiary/aromatic N) is 1. The number of rotatable bonds is 6. The number of amides is 2. The summed E-state index contributed by atoms with van der Waals surface area (Å²) >= 11 is 0. The Morgan fingerprint density at radius 1 is 0.938 bits per heavy atom. The van der Waals surface area contributed by atoms with Gasteiger partial charge in [-0.2, -0.15) is 0 Å². The van der Waals surface area contributed by atoms with E-state index in [0.29, 0.717) is 29.5 Å². The summed E-state index contributed by atoms with van der Waals surface area (Å²) in [4.78, 5) is 28.1. The Bertz CT molecular complexity index is 1090. The van der Waals surface area contributed by atoms with Crippen LogP contribution in [0.1, 0.15) is 15.9 Å². The molecule has 0 aromatic heterocycles. The molecule has 0 saturated carbocycles. The zero-order valence-corrected chi connectivity index (χ0v) is 17.9. The molecule has 0 fully saturated rings. The summed E-state index contributed by atoms with van der Waals surface area (Å²) in [6.07, 6.45) is -0.863. The first-order valence-corrected chi connectivity index (χ1v) is 10.2. The minimum atomic E-state index is -0.863. The van der Waals surface area contributed by atoms with Gasteiger partial charge in [0.15, 0.2) is 6.10 Å². The normalized spacial score (nSPS) is 14.7. The highest BCUT2D eigenvalue weighted by atomic mass is 16.5. The van der Waals surface area contributed by atoms with Gasteiger partial charge in [0.1, 0.15) is 22.8 Å². The molecule has 7 nitrogen and oxygen atoms in total. The zero-order valence-electron chi connectivity index (χ0n) is 17.9. The zero-order chi connectivity index (χ0) is 22.5. The molecule has 0 spiro atoms. The predicted molar refractivity (Wildman–Crippen MR) is 120 cm³/mol. The molecule has 1 N–H and O–H groups in total. The van der Waals surface area contributed by atoms with E-state index in [1.807, 2.05) is 36.4 Å². The van der Waals surface area contributed by atoms with Gasteiger partial charge in [0.25, 0.3) is 11.8 Å². The van der Waals surface area contributed by atoms with Crippen molar-refractivity contribution in [3.8, 4) is 17.2 Å². The maximum atomic E-state index is 13.6. The van der Waals surface area contributed by atoms with Crippen LogP contribution in [0.2, 0.25) is 0 Å². The van der Waals surface area contributed by atoms with Crippen LogP contribution < -0.4 is 24.4 Å². The maximum absolute atomic E-state index is 13.6. The summed E-state index contributed by atoms with van der Waals surface area (Å²) in [5.41, 5.74) is 1.85. The Hall–Kier alpha value is -4.00. The first kappa shape index (κ1) is 21.2. The van der Waals surface area contributed by atoms with Crippen LogP contribution in [0.3, 0.4) is 0 Å². The van der Waals surface area contributed by atoms with Crippen molar-refractivity contribution in [3.63, 3.8) is 0 Å². The Morgan fingerprint density at radius 2 is 1.59 bits per heavy atom. The third kappa shape index (κ3) is 4.23. The molecule has 1 heterocycles. The number of fused-ring (bicyclic) bond motifs is 1. The lowest BCUT2D eigenvalue weighted by Gasteiger charge is -2.34. The molecule has 1 atom stereocenters. The van der Waals surface area contributed by atoms with Crippen molar-refractivity contribution in [3.05, 3.63) is 83.9 Å². The standard InChI is InChI=1S/C25H24N2O5/c1-30-20-13-8-14-21(31-2)23(20)25(29)27-16-22(32-19-12-7-6-11-18(19)27)24(28)26-15-17-9-4-3-5-10-17/h3-14,22H,15-16H2,1-2H3,(H,26,28). The SMILES string of the molecule is COc1cccc(OC)c1C(=O)N1CC(C(=O)NCc2ccccc2)Oc2ccccc21. The van der Waals surface area contributed by atoms with Crippen molar-refractivity contribution in [2.45, 2.75) is 12.6 Å². The third-order valence-corrected chi connectivity index (χ3v) is 5.26. The number of methoxy groups -OCH3 is 2. The average Bonchev–Trinajstić information content (AvgIpc) is 2.86. The second-order valence-electron chi connectivity index (χ2n) is 7.23. The van der Waals surface area contributed by atoms with Crippen molar-refractivity contribution in [1.29, 1.82) is 0 Å². The van der Waals surface area contributed by atoms with E-state index in [9.17, 15) is 9.59 Å². The van der Waals surface area contributed by atoms with E-state index in [2.05, 4.69) is 5.32 Å². The summed E-state index contributed by atoms with van der Waals surface area (Å²) in [6, 6.07) is 21.9. The van der Waals surface area contributed by atoms with E-state index in [-0.39, 0.29) is 23.9 Å². The highest BCUT2D eigenvalue weighted by Crippen LogP contribution is 2.37. The number of hydrogen-bond donors (Lipinski definition) is 1. The molecule has 32 heavy (non-hydrogen) atoms. The van der Waals surface area contributed by atoms with Crippen molar-refractivity contribution >= 4 is 17.5 Å². The molecule has 0 radical (unpaired) electrons. The fourth-order valence-corrected chi connectivity index (χ4v) is 3.66. The Balaban J connectivity index is 1.62. The average molecular weight is 432 g/mol. The van der Waals surface area contributed by atoms with Crippen LogP contribution in [0, 0.1) is 0 Å². The lowest BCUT2D eigenvalue weighted by molar-refractivity contribution is -0.127. The molecule has 3 aromatic rings. The Morgan fingerprint density at radius 3 is 2.28 bits per heavy atom. The molecule has 0 aliphatic carbocycles. The van der Waals surface area contributed by atoms with E-state index in [1.165, 1.54) is 19.1 Å². The number of benzene rings is 3. The van der Waals surface area contributed by atoms with Crippen LogP contribution in [0.5, 0.6) is 17.2 Å². The van der Waals surface area contributed by atoms with Gasteiger partial charge in [-0.05, 0) is 29.8 Å². The number of carbonyl (C=O) groups is 2. The molecule has 7 heteroatoms. The first-order valence-electron chi connectivity index (χ1n) is 10.2. The first-order chi connectivity index (χ1) is 15.6. The van der Waals surface area contributed by atoms with Gasteiger partial charge in [0.05, 0.1) is 26.5 Å². The largest absolute Gasteiger partial charge is 0.496 e. The lowest BCUT2D eigenvalue weighted by atomic mass is 10.1. The van der Waals surface area contributed by atoms with Gasteiger partial charge in [-0.3, -0.25) is 9.59 Å². The van der Waals surface area contributed by atoms with Crippen molar-refractivity contribution in [2.75, 3.05) is 25.7 Å². The van der Waals surface area contributed by atoms with Gasteiger partial charge < -0.3 is 24.4 Å². The fourth-order valence-electron chi connectivity index (χ4n) is 3.66. The van der Waals surface area contributed by atoms with Gasteiger partial charge in [-0.1, -0.05) is 48.5 Å². The number of para-hydroxylation sites is 2. The minimum absolute atomic E-state index is 0.0532. The number of anilines is 1. The van der Waals surface area contributed by atoms with Crippen LogP contribution in [0.25, 0.3) is 0 Å². The monoisotopic (exact) mass is 432 g/mol. The van der Waals surface area contributed by atoms with E-state index < -0.39 is 6.10 Å². The second-order valence-corrected chi connectivity index (χ2v) is 7.23. The minimum Gasteiger partial charge on any atom is -0.496 e. The van der Waals surface area contributed by atoms with Crippen molar-refractivity contribution < 1.29 is 23.8 Å². The highest BCUT2D eigenvalue weighted by Gasteiger charge is 2.36. The molecule has 1 aliphatic heterocycles. The topological polar surface area (TPSA) is 77.1 Å². The smallest absolute Gasteiger partial charge is 0.266 e.